The van der Waals surface area contributed by atoms with Gasteiger partial charge in [0.15, 0.2) is 0 Å². The van der Waals surface area contributed by atoms with Crippen molar-refractivity contribution >= 4 is 34.0 Å². The lowest BCUT2D eigenvalue weighted by molar-refractivity contribution is -0.116. The van der Waals surface area contributed by atoms with Crippen molar-refractivity contribution in [2.45, 2.75) is 39.0 Å². The monoisotopic (exact) mass is 408 g/mol. The number of hydrogen-bond acceptors (Lipinski definition) is 5. The van der Waals surface area contributed by atoms with Gasteiger partial charge in [-0.05, 0) is 42.7 Å². The van der Waals surface area contributed by atoms with Crippen LogP contribution in [0.2, 0.25) is 0 Å². The number of hydrogen-bond donors (Lipinski definition) is 2. The third kappa shape index (κ3) is 6.50. The van der Waals surface area contributed by atoms with Crippen LogP contribution in [0.1, 0.15) is 47.1 Å². The Labute approximate surface area is 174 Å². The minimum atomic E-state index is -0.250. The van der Waals surface area contributed by atoms with Crippen LogP contribution in [-0.4, -0.2) is 22.0 Å². The minimum absolute atomic E-state index is 0.0130. The fourth-order valence-electron chi connectivity index (χ4n) is 2.74. The van der Waals surface area contributed by atoms with E-state index < -0.39 is 0 Å². The lowest BCUT2D eigenvalue weighted by atomic mass is 10.1. The molecule has 0 saturated heterocycles. The second-order valence-corrected chi connectivity index (χ2v) is 7.73. The second kappa shape index (κ2) is 10.5. The van der Waals surface area contributed by atoms with Crippen molar-refractivity contribution in [3.63, 3.8) is 0 Å². The third-order valence-corrected chi connectivity index (χ3v) is 5.24. The van der Waals surface area contributed by atoms with Gasteiger partial charge >= 0.3 is 0 Å². The van der Waals surface area contributed by atoms with Gasteiger partial charge in [-0.3, -0.25) is 14.9 Å². The quantitative estimate of drug-likeness (QED) is 0.537. The molecule has 0 fully saturated rings. The van der Waals surface area contributed by atoms with Crippen molar-refractivity contribution in [2.75, 3.05) is 10.6 Å². The number of anilines is 2. The molecule has 1 heterocycles. The molecule has 6 nitrogen and oxygen atoms in total. The Kier molecular flexibility index (Phi) is 7.47. The van der Waals surface area contributed by atoms with Crippen LogP contribution in [0.25, 0.3) is 0 Å². The molecule has 7 heteroatoms. The zero-order valence-corrected chi connectivity index (χ0v) is 17.2. The molecule has 0 aliphatic carbocycles. The average Bonchev–Trinajstić information content (AvgIpc) is 3.19. The fourth-order valence-corrected chi connectivity index (χ4v) is 3.47. The molecule has 0 spiro atoms. The van der Waals surface area contributed by atoms with Crippen LogP contribution >= 0.6 is 11.3 Å². The summed E-state index contributed by atoms with van der Waals surface area (Å²) in [6, 6.07) is 17.0. The molecular weight excluding hydrogens is 384 g/mol. The van der Waals surface area contributed by atoms with E-state index >= 15 is 0 Å². The van der Waals surface area contributed by atoms with Crippen LogP contribution in [0.5, 0.6) is 0 Å². The van der Waals surface area contributed by atoms with Crippen molar-refractivity contribution < 1.29 is 9.59 Å². The van der Waals surface area contributed by atoms with Crippen LogP contribution in [0.15, 0.2) is 54.6 Å². The van der Waals surface area contributed by atoms with E-state index in [2.05, 4.69) is 33.0 Å². The van der Waals surface area contributed by atoms with Crippen LogP contribution in [0, 0.1) is 0 Å². The number of carbonyl (C=O) groups excluding carboxylic acids is 2. The molecule has 0 radical (unpaired) electrons. The number of rotatable bonds is 9. The van der Waals surface area contributed by atoms with Gasteiger partial charge in [0.25, 0.3) is 5.91 Å². The van der Waals surface area contributed by atoms with Crippen molar-refractivity contribution in [2.24, 2.45) is 0 Å². The smallest absolute Gasteiger partial charge is 0.257 e. The van der Waals surface area contributed by atoms with E-state index in [4.69, 9.17) is 0 Å². The largest absolute Gasteiger partial charge is 0.326 e. The van der Waals surface area contributed by atoms with E-state index in [9.17, 15) is 9.59 Å². The molecule has 150 valence electrons. The fraction of sp³-hybridized carbons (Fsp3) is 0.273. The Morgan fingerprint density at radius 3 is 2.41 bits per heavy atom. The molecule has 0 aliphatic rings. The number of aromatic nitrogens is 2. The molecule has 0 aliphatic heterocycles. The maximum absolute atomic E-state index is 12.4. The number of carbonyl (C=O) groups is 2. The lowest BCUT2D eigenvalue weighted by Gasteiger charge is -2.06. The standard InChI is InChI=1S/C22H24N4O2S/c1-2-3-9-19(27)23-18-13-11-17(12-14-18)21(28)24-22-26-25-20(29-22)15-10-16-7-5-4-6-8-16/h4-8,11-14H,2-3,9-10,15H2,1H3,(H,23,27)(H,24,26,28). The normalized spacial score (nSPS) is 10.5. The van der Waals surface area contributed by atoms with Gasteiger partial charge in [-0.15, -0.1) is 10.2 Å². The Hall–Kier alpha value is -3.06. The molecule has 3 aromatic rings. The van der Waals surface area contributed by atoms with Crippen molar-refractivity contribution in [1.82, 2.24) is 10.2 Å². The van der Waals surface area contributed by atoms with Gasteiger partial charge in [0, 0.05) is 24.1 Å². The van der Waals surface area contributed by atoms with Crippen molar-refractivity contribution in [3.05, 3.63) is 70.7 Å². The number of nitrogens with zero attached hydrogens (tertiary/aromatic N) is 2. The first-order valence-corrected chi connectivity index (χ1v) is 10.5. The Bertz CT molecular complexity index is 939. The van der Waals surface area contributed by atoms with E-state index in [1.165, 1.54) is 16.9 Å². The topological polar surface area (TPSA) is 84.0 Å². The molecule has 2 amide bonds. The number of benzene rings is 2. The summed E-state index contributed by atoms with van der Waals surface area (Å²) in [5, 5.41) is 15.2. The highest BCUT2D eigenvalue weighted by Gasteiger charge is 2.11. The summed E-state index contributed by atoms with van der Waals surface area (Å²) in [5.74, 6) is -0.263. The summed E-state index contributed by atoms with van der Waals surface area (Å²) in [5.41, 5.74) is 2.43. The van der Waals surface area contributed by atoms with Crippen LogP contribution in [0.4, 0.5) is 10.8 Å². The first kappa shape index (κ1) is 20.7. The van der Waals surface area contributed by atoms with Crippen LogP contribution in [-0.2, 0) is 17.6 Å². The van der Waals surface area contributed by atoms with E-state index in [1.54, 1.807) is 24.3 Å². The van der Waals surface area contributed by atoms with Gasteiger partial charge in [-0.25, -0.2) is 0 Å². The molecule has 0 bridgehead atoms. The molecule has 0 saturated carbocycles. The number of nitrogens with one attached hydrogen (secondary N) is 2. The molecule has 0 unspecified atom stereocenters. The molecule has 2 N–H and O–H groups in total. The molecule has 29 heavy (non-hydrogen) atoms. The van der Waals surface area contributed by atoms with Gasteiger partial charge < -0.3 is 5.32 Å². The summed E-state index contributed by atoms with van der Waals surface area (Å²) in [4.78, 5) is 24.2. The predicted molar refractivity (Wildman–Crippen MR) is 116 cm³/mol. The summed E-state index contributed by atoms with van der Waals surface area (Å²) in [6.45, 7) is 2.05. The third-order valence-electron chi connectivity index (χ3n) is 4.35. The summed E-state index contributed by atoms with van der Waals surface area (Å²) in [6.07, 6.45) is 4.01. The van der Waals surface area contributed by atoms with Crippen LogP contribution in [0.3, 0.4) is 0 Å². The molecule has 2 aromatic carbocycles. The highest BCUT2D eigenvalue weighted by atomic mass is 32.1. The van der Waals surface area contributed by atoms with E-state index in [0.717, 1.165) is 30.7 Å². The van der Waals surface area contributed by atoms with Gasteiger partial charge in [-0.1, -0.05) is 55.0 Å². The Morgan fingerprint density at radius 2 is 1.69 bits per heavy atom. The Balaban J connectivity index is 1.51. The van der Waals surface area contributed by atoms with Gasteiger partial charge in [0.1, 0.15) is 5.01 Å². The molecule has 1 aromatic heterocycles. The zero-order chi connectivity index (χ0) is 20.5. The first-order valence-electron chi connectivity index (χ1n) is 9.71. The van der Waals surface area contributed by atoms with Crippen molar-refractivity contribution in [1.29, 1.82) is 0 Å². The Morgan fingerprint density at radius 1 is 0.931 bits per heavy atom. The molecular formula is C22H24N4O2S. The van der Waals surface area contributed by atoms with E-state index in [0.29, 0.717) is 22.8 Å². The second-order valence-electron chi connectivity index (χ2n) is 6.67. The number of unbranched alkanes of at least 4 members (excludes halogenated alkanes) is 1. The maximum Gasteiger partial charge on any atom is 0.257 e. The first-order chi connectivity index (χ1) is 14.1. The van der Waals surface area contributed by atoms with Crippen molar-refractivity contribution in [3.8, 4) is 0 Å². The lowest BCUT2D eigenvalue weighted by Crippen LogP contribution is -2.13. The highest BCUT2D eigenvalue weighted by Crippen LogP contribution is 2.19. The van der Waals surface area contributed by atoms with Crippen LogP contribution < -0.4 is 10.6 Å². The molecule has 3 rings (SSSR count). The maximum atomic E-state index is 12.4. The SMILES string of the molecule is CCCCC(=O)Nc1ccc(C(=O)Nc2nnc(CCc3ccccc3)s2)cc1. The molecule has 0 atom stereocenters. The number of aryl methyl sites for hydroxylation is 2. The van der Waals surface area contributed by atoms with Gasteiger partial charge in [0.05, 0.1) is 0 Å². The van der Waals surface area contributed by atoms with Gasteiger partial charge in [0.2, 0.25) is 11.0 Å². The highest BCUT2D eigenvalue weighted by molar-refractivity contribution is 7.15. The summed E-state index contributed by atoms with van der Waals surface area (Å²) >= 11 is 1.38. The zero-order valence-electron chi connectivity index (χ0n) is 16.4. The number of amides is 2. The van der Waals surface area contributed by atoms with E-state index in [1.807, 2.05) is 25.1 Å². The summed E-state index contributed by atoms with van der Waals surface area (Å²) in [7, 11) is 0. The van der Waals surface area contributed by atoms with Gasteiger partial charge in [-0.2, -0.15) is 0 Å². The minimum Gasteiger partial charge on any atom is -0.326 e. The summed E-state index contributed by atoms with van der Waals surface area (Å²) < 4.78 is 0. The average molecular weight is 409 g/mol. The predicted octanol–water partition coefficient (Wildman–Crippen LogP) is 4.70. The van der Waals surface area contributed by atoms with E-state index in [-0.39, 0.29) is 11.8 Å².